The zero-order chi connectivity index (χ0) is 21.2. The van der Waals surface area contributed by atoms with Crippen LogP contribution in [0.25, 0.3) is 28.3 Å². The Morgan fingerprint density at radius 2 is 1.84 bits per heavy atom. The number of nitrogens with one attached hydrogen (secondary N) is 1. The van der Waals surface area contributed by atoms with Gasteiger partial charge in [-0.15, -0.1) is 0 Å². The number of methoxy groups -OCH3 is 1. The van der Waals surface area contributed by atoms with Crippen molar-refractivity contribution in [2.24, 2.45) is 7.05 Å². The fourth-order valence-electron chi connectivity index (χ4n) is 3.34. The first-order valence-electron chi connectivity index (χ1n) is 9.72. The van der Waals surface area contributed by atoms with Crippen LogP contribution in [0.4, 0.5) is 5.82 Å². The van der Waals surface area contributed by atoms with Gasteiger partial charge in [0.1, 0.15) is 29.2 Å². The monoisotopic (exact) mass is 412 g/mol. The highest BCUT2D eigenvalue weighted by Gasteiger charge is 2.09. The molecule has 4 heterocycles. The lowest BCUT2D eigenvalue weighted by molar-refractivity contribution is 0.414. The maximum Gasteiger partial charge on any atom is 0.140 e. The minimum atomic E-state index is 0.640. The van der Waals surface area contributed by atoms with Crippen LogP contribution in [0.2, 0.25) is 0 Å². The summed E-state index contributed by atoms with van der Waals surface area (Å²) >= 11 is 0. The van der Waals surface area contributed by atoms with E-state index in [1.54, 1.807) is 37.7 Å². The van der Waals surface area contributed by atoms with E-state index in [-0.39, 0.29) is 0 Å². The second-order valence-electron chi connectivity index (χ2n) is 7.00. The molecular formula is C22H20N8O. The van der Waals surface area contributed by atoms with Crippen molar-refractivity contribution < 1.29 is 4.74 Å². The first kappa shape index (κ1) is 18.7. The number of benzene rings is 1. The van der Waals surface area contributed by atoms with Crippen LogP contribution in [0, 0.1) is 0 Å². The van der Waals surface area contributed by atoms with Gasteiger partial charge in [-0.25, -0.2) is 15.0 Å². The van der Waals surface area contributed by atoms with Gasteiger partial charge in [-0.1, -0.05) is 24.3 Å². The molecule has 0 amide bonds. The molecular weight excluding hydrogens is 392 g/mol. The largest absolute Gasteiger partial charge is 0.497 e. The van der Waals surface area contributed by atoms with Crippen LogP contribution in [0.3, 0.4) is 0 Å². The van der Waals surface area contributed by atoms with E-state index in [1.807, 2.05) is 40.9 Å². The molecule has 0 saturated heterocycles. The number of anilines is 1. The van der Waals surface area contributed by atoms with Crippen LogP contribution in [0.5, 0.6) is 5.75 Å². The molecule has 31 heavy (non-hydrogen) atoms. The number of aryl methyl sites for hydroxylation is 1. The van der Waals surface area contributed by atoms with E-state index in [9.17, 15) is 0 Å². The molecule has 0 fully saturated rings. The van der Waals surface area contributed by atoms with E-state index in [2.05, 4.69) is 42.6 Å². The molecule has 0 radical (unpaired) electrons. The molecule has 0 aliphatic heterocycles. The number of ether oxygens (including phenoxy) is 1. The van der Waals surface area contributed by atoms with E-state index in [0.717, 1.165) is 45.4 Å². The highest BCUT2D eigenvalue weighted by Crippen LogP contribution is 2.23. The van der Waals surface area contributed by atoms with E-state index >= 15 is 0 Å². The third-order valence-electron chi connectivity index (χ3n) is 4.97. The highest BCUT2D eigenvalue weighted by atomic mass is 16.5. The predicted molar refractivity (Wildman–Crippen MR) is 117 cm³/mol. The van der Waals surface area contributed by atoms with Crippen LogP contribution in [-0.2, 0) is 13.6 Å². The van der Waals surface area contributed by atoms with Crippen molar-refractivity contribution in [1.82, 2.24) is 34.3 Å². The topological polar surface area (TPSA) is 95.1 Å². The predicted octanol–water partition coefficient (Wildman–Crippen LogP) is 3.21. The van der Waals surface area contributed by atoms with E-state index in [1.165, 1.54) is 0 Å². The summed E-state index contributed by atoms with van der Waals surface area (Å²) in [5.41, 5.74) is 5.49. The molecule has 0 aliphatic rings. The average Bonchev–Trinajstić information content (AvgIpc) is 3.44. The summed E-state index contributed by atoms with van der Waals surface area (Å²) in [4.78, 5) is 14.8. The Morgan fingerprint density at radius 3 is 2.61 bits per heavy atom. The molecule has 0 spiro atoms. The maximum absolute atomic E-state index is 5.27. The molecule has 5 aromatic rings. The number of pyridine rings is 1. The summed E-state index contributed by atoms with van der Waals surface area (Å²) in [5.74, 6) is 1.51. The Kier molecular flexibility index (Phi) is 4.75. The minimum Gasteiger partial charge on any atom is -0.497 e. The number of nitrogens with zero attached hydrogens (tertiary/aromatic N) is 7. The van der Waals surface area contributed by atoms with E-state index in [4.69, 9.17) is 4.74 Å². The van der Waals surface area contributed by atoms with Crippen molar-refractivity contribution in [2.75, 3.05) is 12.4 Å². The van der Waals surface area contributed by atoms with Gasteiger partial charge >= 0.3 is 0 Å². The smallest absolute Gasteiger partial charge is 0.140 e. The number of imidazole rings is 1. The van der Waals surface area contributed by atoms with Crippen LogP contribution >= 0.6 is 0 Å². The zero-order valence-corrected chi connectivity index (χ0v) is 17.1. The fraction of sp³-hybridized carbons (Fsp3) is 0.136. The quantitative estimate of drug-likeness (QED) is 0.458. The Labute approximate surface area is 178 Å². The molecule has 0 aliphatic carbocycles. The van der Waals surface area contributed by atoms with Crippen LogP contribution in [-0.4, -0.2) is 41.5 Å². The van der Waals surface area contributed by atoms with Crippen molar-refractivity contribution in [3.05, 3.63) is 72.9 Å². The lowest BCUT2D eigenvalue weighted by Gasteiger charge is -2.08. The maximum atomic E-state index is 5.27. The molecule has 0 saturated carbocycles. The number of hydrogen-bond acceptors (Lipinski definition) is 7. The van der Waals surface area contributed by atoms with Crippen LogP contribution < -0.4 is 10.1 Å². The zero-order valence-electron chi connectivity index (χ0n) is 17.1. The SMILES string of the molecule is COc1ccn2c(-c3cc(NCc4ccc(-c5cnn(C)n5)cc4)ncn3)cnc2c1. The van der Waals surface area contributed by atoms with Crippen molar-refractivity contribution in [2.45, 2.75) is 6.54 Å². The average molecular weight is 412 g/mol. The Bertz CT molecular complexity index is 1340. The molecule has 0 bridgehead atoms. The minimum absolute atomic E-state index is 0.640. The number of aromatic nitrogens is 7. The van der Waals surface area contributed by atoms with Crippen molar-refractivity contribution in [3.8, 4) is 28.4 Å². The third kappa shape index (κ3) is 3.80. The molecule has 5 rings (SSSR count). The molecule has 9 nitrogen and oxygen atoms in total. The number of hydrogen-bond donors (Lipinski definition) is 1. The molecule has 4 aromatic heterocycles. The fourth-order valence-corrected chi connectivity index (χ4v) is 3.34. The molecule has 1 N–H and O–H groups in total. The molecule has 9 heteroatoms. The normalized spacial score (nSPS) is 11.0. The third-order valence-corrected chi connectivity index (χ3v) is 4.97. The van der Waals surface area contributed by atoms with Gasteiger partial charge in [-0.05, 0) is 11.6 Å². The molecule has 0 unspecified atom stereocenters. The van der Waals surface area contributed by atoms with Gasteiger partial charge < -0.3 is 10.1 Å². The van der Waals surface area contributed by atoms with Crippen molar-refractivity contribution >= 4 is 11.5 Å². The Balaban J connectivity index is 1.32. The van der Waals surface area contributed by atoms with Crippen LogP contribution in [0.15, 0.2) is 67.4 Å². The van der Waals surface area contributed by atoms with Crippen molar-refractivity contribution in [1.29, 1.82) is 0 Å². The van der Waals surface area contributed by atoms with Gasteiger partial charge in [0.15, 0.2) is 0 Å². The number of rotatable bonds is 6. The first-order valence-corrected chi connectivity index (χ1v) is 9.72. The Hall–Kier alpha value is -4.27. The summed E-state index contributed by atoms with van der Waals surface area (Å²) < 4.78 is 7.24. The molecule has 1 aromatic carbocycles. The summed E-state index contributed by atoms with van der Waals surface area (Å²) in [5, 5.41) is 11.8. The van der Waals surface area contributed by atoms with Gasteiger partial charge in [-0.2, -0.15) is 15.0 Å². The molecule has 0 atom stereocenters. The molecule has 154 valence electrons. The van der Waals surface area contributed by atoms with Gasteiger partial charge in [0.2, 0.25) is 0 Å². The van der Waals surface area contributed by atoms with Gasteiger partial charge in [0.05, 0.1) is 30.9 Å². The highest BCUT2D eigenvalue weighted by molar-refractivity contribution is 5.63. The van der Waals surface area contributed by atoms with Gasteiger partial charge in [-0.3, -0.25) is 4.40 Å². The van der Waals surface area contributed by atoms with Gasteiger partial charge in [0.25, 0.3) is 0 Å². The van der Waals surface area contributed by atoms with Gasteiger partial charge in [0, 0.05) is 37.5 Å². The summed E-state index contributed by atoms with van der Waals surface area (Å²) in [6, 6.07) is 13.9. The second kappa shape index (κ2) is 7.86. The lowest BCUT2D eigenvalue weighted by atomic mass is 10.1. The van der Waals surface area contributed by atoms with Crippen molar-refractivity contribution in [3.63, 3.8) is 0 Å². The van der Waals surface area contributed by atoms with E-state index < -0.39 is 0 Å². The van der Waals surface area contributed by atoms with E-state index in [0.29, 0.717) is 6.54 Å². The summed E-state index contributed by atoms with van der Waals surface area (Å²) in [7, 11) is 3.45. The van der Waals surface area contributed by atoms with Crippen LogP contribution in [0.1, 0.15) is 5.56 Å². The lowest BCUT2D eigenvalue weighted by Crippen LogP contribution is -2.02. The Morgan fingerprint density at radius 1 is 0.968 bits per heavy atom. The number of fused-ring (bicyclic) bond motifs is 1. The second-order valence-corrected chi connectivity index (χ2v) is 7.00. The summed E-state index contributed by atoms with van der Waals surface area (Å²) in [6.07, 6.45) is 7.03. The standard InChI is InChI=1S/C22H20N8O/c1-29-27-12-19(28-29)16-5-3-15(4-6-16)11-23-21-10-18(25-14-26-21)20-13-24-22-9-17(31-2)7-8-30(20)22/h3-10,12-14H,11H2,1-2H3,(H,23,25,26). The first-order chi connectivity index (χ1) is 15.2. The summed E-state index contributed by atoms with van der Waals surface area (Å²) in [6.45, 7) is 0.640.